The molecule has 25 heavy (non-hydrogen) atoms. The first-order valence-electron chi connectivity index (χ1n) is 8.51. The molecule has 2 aromatic carbocycles. The van der Waals surface area contributed by atoms with Crippen molar-refractivity contribution in [1.29, 1.82) is 0 Å². The van der Waals surface area contributed by atoms with Gasteiger partial charge in [0, 0.05) is 37.6 Å². The Kier molecular flexibility index (Phi) is 5.03. The van der Waals surface area contributed by atoms with Crippen LogP contribution in [0.2, 0.25) is 0 Å². The highest BCUT2D eigenvalue weighted by Gasteiger charge is 2.26. The molecule has 1 fully saturated rings. The number of piperazine rings is 1. The number of nitrogens with one attached hydrogen (secondary N) is 1. The van der Waals surface area contributed by atoms with Gasteiger partial charge in [-0.05, 0) is 49.2 Å². The molecule has 1 aliphatic rings. The van der Waals surface area contributed by atoms with Crippen molar-refractivity contribution in [3.05, 3.63) is 59.7 Å². The molecular formula is C20H23N3O2. The monoisotopic (exact) mass is 337 g/mol. The predicted molar refractivity (Wildman–Crippen MR) is 99.8 cm³/mol. The maximum Gasteiger partial charge on any atom is 0.313 e. The Morgan fingerprint density at radius 1 is 0.880 bits per heavy atom. The van der Waals surface area contributed by atoms with Crippen LogP contribution in [-0.2, 0) is 9.59 Å². The largest absolute Gasteiger partial charge is 0.368 e. The van der Waals surface area contributed by atoms with E-state index in [1.165, 1.54) is 5.56 Å². The van der Waals surface area contributed by atoms with Gasteiger partial charge in [-0.15, -0.1) is 0 Å². The lowest BCUT2D eigenvalue weighted by atomic mass is 10.2. The molecule has 3 rings (SSSR count). The topological polar surface area (TPSA) is 52.7 Å². The van der Waals surface area contributed by atoms with Crippen LogP contribution in [-0.4, -0.2) is 42.9 Å². The van der Waals surface area contributed by atoms with Gasteiger partial charge in [0.2, 0.25) is 0 Å². The Hall–Kier alpha value is -2.82. The van der Waals surface area contributed by atoms with E-state index >= 15 is 0 Å². The van der Waals surface area contributed by atoms with Crippen molar-refractivity contribution in [3.63, 3.8) is 0 Å². The number of aryl methyl sites for hydroxylation is 2. The molecule has 0 aromatic heterocycles. The molecule has 0 unspecified atom stereocenters. The highest BCUT2D eigenvalue weighted by atomic mass is 16.2. The fraction of sp³-hybridized carbons (Fsp3) is 0.300. The van der Waals surface area contributed by atoms with Crippen LogP contribution in [0.25, 0.3) is 0 Å². The first kappa shape index (κ1) is 17.0. The fourth-order valence-corrected chi connectivity index (χ4v) is 3.04. The van der Waals surface area contributed by atoms with Crippen LogP contribution in [0.4, 0.5) is 11.4 Å². The molecule has 5 heteroatoms. The lowest BCUT2D eigenvalue weighted by Crippen LogP contribution is -2.51. The van der Waals surface area contributed by atoms with E-state index < -0.39 is 11.8 Å². The van der Waals surface area contributed by atoms with E-state index in [1.54, 1.807) is 11.0 Å². The average molecular weight is 337 g/mol. The number of carbonyl (C=O) groups is 2. The summed E-state index contributed by atoms with van der Waals surface area (Å²) in [6.07, 6.45) is 0. The molecule has 2 amide bonds. The van der Waals surface area contributed by atoms with Gasteiger partial charge in [0.1, 0.15) is 0 Å². The lowest BCUT2D eigenvalue weighted by molar-refractivity contribution is -0.143. The molecular weight excluding hydrogens is 314 g/mol. The van der Waals surface area contributed by atoms with Crippen LogP contribution >= 0.6 is 0 Å². The van der Waals surface area contributed by atoms with E-state index in [4.69, 9.17) is 0 Å². The summed E-state index contributed by atoms with van der Waals surface area (Å²) >= 11 is 0. The summed E-state index contributed by atoms with van der Waals surface area (Å²) in [5.74, 6) is -1.04. The van der Waals surface area contributed by atoms with Crippen molar-refractivity contribution < 1.29 is 9.59 Å². The molecule has 1 N–H and O–H groups in total. The average Bonchev–Trinajstić information content (AvgIpc) is 2.61. The number of rotatable bonds is 2. The zero-order chi connectivity index (χ0) is 17.8. The van der Waals surface area contributed by atoms with Crippen molar-refractivity contribution in [1.82, 2.24) is 4.90 Å². The summed E-state index contributed by atoms with van der Waals surface area (Å²) in [6.45, 7) is 6.57. The molecule has 1 aliphatic heterocycles. The zero-order valence-electron chi connectivity index (χ0n) is 14.7. The normalized spacial score (nSPS) is 14.3. The first-order chi connectivity index (χ1) is 12.0. The zero-order valence-corrected chi connectivity index (χ0v) is 14.7. The Labute approximate surface area is 148 Å². The molecule has 0 aliphatic carbocycles. The van der Waals surface area contributed by atoms with Gasteiger partial charge in [-0.2, -0.15) is 0 Å². The first-order valence-corrected chi connectivity index (χ1v) is 8.51. The predicted octanol–water partition coefficient (Wildman–Crippen LogP) is 2.59. The number of hydrogen-bond acceptors (Lipinski definition) is 3. The molecule has 2 aromatic rings. The number of nitrogens with zero attached hydrogens (tertiary/aromatic N) is 2. The number of carbonyl (C=O) groups excluding carboxylic acids is 2. The minimum absolute atomic E-state index is 0.467. The van der Waals surface area contributed by atoms with Crippen molar-refractivity contribution >= 4 is 23.2 Å². The Morgan fingerprint density at radius 3 is 2.16 bits per heavy atom. The van der Waals surface area contributed by atoms with E-state index in [9.17, 15) is 9.59 Å². The second-order valence-corrected chi connectivity index (χ2v) is 6.44. The number of hydrogen-bond donors (Lipinski definition) is 1. The van der Waals surface area contributed by atoms with Gasteiger partial charge in [0.05, 0.1) is 0 Å². The highest BCUT2D eigenvalue weighted by Crippen LogP contribution is 2.18. The minimum atomic E-state index is -0.574. The Morgan fingerprint density at radius 2 is 1.52 bits per heavy atom. The van der Waals surface area contributed by atoms with Gasteiger partial charge in [-0.1, -0.05) is 24.3 Å². The molecule has 1 heterocycles. The maximum absolute atomic E-state index is 12.4. The lowest BCUT2D eigenvalue weighted by Gasteiger charge is -2.35. The van der Waals surface area contributed by atoms with Crippen LogP contribution in [0.15, 0.2) is 48.5 Å². The van der Waals surface area contributed by atoms with Gasteiger partial charge in [-0.3, -0.25) is 9.59 Å². The summed E-state index contributed by atoms with van der Waals surface area (Å²) < 4.78 is 0. The van der Waals surface area contributed by atoms with Gasteiger partial charge in [0.15, 0.2) is 0 Å². The molecule has 130 valence electrons. The fourth-order valence-electron chi connectivity index (χ4n) is 3.04. The van der Waals surface area contributed by atoms with Gasteiger partial charge in [0.25, 0.3) is 0 Å². The molecule has 0 atom stereocenters. The van der Waals surface area contributed by atoms with E-state index in [1.807, 2.05) is 31.2 Å². The van der Waals surface area contributed by atoms with Crippen molar-refractivity contribution in [3.8, 4) is 0 Å². The van der Waals surface area contributed by atoms with Crippen molar-refractivity contribution in [2.45, 2.75) is 13.8 Å². The van der Waals surface area contributed by atoms with Crippen molar-refractivity contribution in [2.75, 3.05) is 36.4 Å². The molecule has 0 radical (unpaired) electrons. The number of benzene rings is 2. The molecule has 0 saturated carbocycles. The third-order valence-electron chi connectivity index (χ3n) is 4.40. The van der Waals surface area contributed by atoms with Crippen LogP contribution in [0.5, 0.6) is 0 Å². The summed E-state index contributed by atoms with van der Waals surface area (Å²) in [5, 5.41) is 2.69. The third kappa shape index (κ3) is 4.18. The third-order valence-corrected chi connectivity index (χ3v) is 4.40. The van der Waals surface area contributed by atoms with Crippen molar-refractivity contribution in [2.24, 2.45) is 0 Å². The van der Waals surface area contributed by atoms with Crippen LogP contribution in [0.3, 0.4) is 0 Å². The van der Waals surface area contributed by atoms with E-state index in [2.05, 4.69) is 35.3 Å². The van der Waals surface area contributed by atoms with E-state index in [-0.39, 0.29) is 0 Å². The van der Waals surface area contributed by atoms with Crippen LogP contribution in [0, 0.1) is 13.8 Å². The Bertz CT molecular complexity index is 780. The highest BCUT2D eigenvalue weighted by molar-refractivity contribution is 6.39. The summed E-state index contributed by atoms with van der Waals surface area (Å²) in [4.78, 5) is 28.5. The second kappa shape index (κ2) is 7.38. The molecule has 1 saturated heterocycles. The smallest absolute Gasteiger partial charge is 0.313 e. The number of amides is 2. The quantitative estimate of drug-likeness (QED) is 0.857. The molecule has 0 bridgehead atoms. The summed E-state index contributed by atoms with van der Waals surface area (Å²) in [6, 6.07) is 15.8. The Balaban J connectivity index is 1.57. The standard InChI is InChI=1S/C20H23N3O2/c1-15-5-3-7-17(13-15)21-19(24)20(25)23-11-9-22(10-12-23)18-8-4-6-16(2)14-18/h3-8,13-14H,9-12H2,1-2H3,(H,21,24). The van der Waals surface area contributed by atoms with Gasteiger partial charge < -0.3 is 15.1 Å². The maximum atomic E-state index is 12.4. The number of anilines is 2. The second-order valence-electron chi connectivity index (χ2n) is 6.44. The van der Waals surface area contributed by atoms with Gasteiger partial charge in [-0.25, -0.2) is 0 Å². The van der Waals surface area contributed by atoms with Gasteiger partial charge >= 0.3 is 11.8 Å². The SMILES string of the molecule is Cc1cccc(NC(=O)C(=O)N2CCN(c3cccc(C)c3)CC2)c1. The summed E-state index contributed by atoms with van der Waals surface area (Å²) in [7, 11) is 0. The summed E-state index contributed by atoms with van der Waals surface area (Å²) in [5.41, 5.74) is 4.07. The van der Waals surface area contributed by atoms with Crippen LogP contribution < -0.4 is 10.2 Å². The minimum Gasteiger partial charge on any atom is -0.368 e. The van der Waals surface area contributed by atoms with E-state index in [0.29, 0.717) is 18.8 Å². The molecule has 5 nitrogen and oxygen atoms in total. The van der Waals surface area contributed by atoms with Crippen LogP contribution in [0.1, 0.15) is 11.1 Å². The molecule has 0 spiro atoms. The van der Waals surface area contributed by atoms with E-state index in [0.717, 1.165) is 24.3 Å².